The number of hydrogen-bond acceptors (Lipinski definition) is 3. The van der Waals surface area contributed by atoms with Crippen LogP contribution in [0.25, 0.3) is 22.0 Å². The van der Waals surface area contributed by atoms with Gasteiger partial charge < -0.3 is 10.3 Å². The van der Waals surface area contributed by atoms with Crippen LogP contribution in [-0.2, 0) is 6.54 Å². The lowest BCUT2D eigenvalue weighted by molar-refractivity contribution is 0.0999. The minimum atomic E-state index is -0.388. The van der Waals surface area contributed by atoms with E-state index in [4.69, 9.17) is 10.7 Å². The number of thiazole rings is 1. The third-order valence-electron chi connectivity index (χ3n) is 4.63. The third kappa shape index (κ3) is 3.73. The molecule has 0 spiro atoms. The average Bonchev–Trinajstić information content (AvgIpc) is 3.18. The van der Waals surface area contributed by atoms with Crippen molar-refractivity contribution >= 4 is 17.2 Å². The molecule has 136 valence electrons. The first-order chi connectivity index (χ1) is 12.4. The zero-order chi connectivity index (χ0) is 18.8. The van der Waals surface area contributed by atoms with E-state index in [2.05, 4.69) is 55.0 Å². The van der Waals surface area contributed by atoms with Crippen LogP contribution in [0.3, 0.4) is 0 Å². The quantitative estimate of drug-likeness (QED) is 0.663. The summed E-state index contributed by atoms with van der Waals surface area (Å²) in [7, 11) is 0. The van der Waals surface area contributed by atoms with Gasteiger partial charge in [0.05, 0.1) is 17.0 Å². The van der Waals surface area contributed by atoms with Crippen molar-refractivity contribution in [3.05, 3.63) is 52.5 Å². The number of amides is 1. The highest BCUT2D eigenvalue weighted by Crippen LogP contribution is 2.32. The maximum absolute atomic E-state index is 11.8. The zero-order valence-electron chi connectivity index (χ0n) is 15.7. The summed E-state index contributed by atoms with van der Waals surface area (Å²) in [5.74, 6) is 0.196. The molecule has 0 bridgehead atoms. The predicted molar refractivity (Wildman–Crippen MR) is 108 cm³/mol. The summed E-state index contributed by atoms with van der Waals surface area (Å²) in [5, 5.41) is 3.04. The highest BCUT2D eigenvalue weighted by Gasteiger charge is 2.19. The first kappa shape index (κ1) is 18.4. The van der Waals surface area contributed by atoms with Crippen molar-refractivity contribution in [2.45, 2.75) is 40.7 Å². The van der Waals surface area contributed by atoms with E-state index in [0.29, 0.717) is 11.5 Å². The van der Waals surface area contributed by atoms with Crippen LogP contribution in [0.4, 0.5) is 0 Å². The van der Waals surface area contributed by atoms with Crippen LogP contribution in [0, 0.1) is 19.8 Å². The van der Waals surface area contributed by atoms with Crippen LogP contribution >= 0.6 is 11.3 Å². The number of nitrogens with two attached hydrogens (primary N) is 1. The fraction of sp³-hybridized carbons (Fsp3) is 0.333. The Hall–Kier alpha value is -2.40. The van der Waals surface area contributed by atoms with Gasteiger partial charge in [0.25, 0.3) is 5.91 Å². The van der Waals surface area contributed by atoms with Crippen LogP contribution in [0.15, 0.2) is 35.7 Å². The minimum absolute atomic E-state index is 0.388. The van der Waals surface area contributed by atoms with E-state index in [0.717, 1.165) is 40.6 Å². The van der Waals surface area contributed by atoms with Crippen molar-refractivity contribution in [3.63, 3.8) is 0 Å². The summed E-state index contributed by atoms with van der Waals surface area (Å²) >= 11 is 1.62. The van der Waals surface area contributed by atoms with Gasteiger partial charge in [-0.1, -0.05) is 43.7 Å². The number of aryl methyl sites for hydroxylation is 1. The minimum Gasteiger partial charge on any atom is -0.366 e. The molecule has 0 aliphatic carbocycles. The van der Waals surface area contributed by atoms with Gasteiger partial charge >= 0.3 is 0 Å². The molecule has 0 aliphatic heterocycles. The van der Waals surface area contributed by atoms with Gasteiger partial charge in [-0.25, -0.2) is 4.98 Å². The Labute approximate surface area is 158 Å². The zero-order valence-corrected chi connectivity index (χ0v) is 16.6. The summed E-state index contributed by atoms with van der Waals surface area (Å²) in [4.78, 5) is 16.6. The van der Waals surface area contributed by atoms with Crippen LogP contribution in [0.2, 0.25) is 0 Å². The molecule has 1 amide bonds. The molecule has 0 aliphatic rings. The molecule has 3 rings (SSSR count). The Morgan fingerprint density at radius 2 is 1.92 bits per heavy atom. The topological polar surface area (TPSA) is 60.9 Å². The van der Waals surface area contributed by atoms with Gasteiger partial charge in [0.2, 0.25) is 0 Å². The second kappa shape index (κ2) is 7.46. The molecule has 4 nitrogen and oxygen atoms in total. The summed E-state index contributed by atoms with van der Waals surface area (Å²) < 4.78 is 2.17. The number of aromatic nitrogens is 2. The lowest BCUT2D eigenvalue weighted by atomic mass is 10.1. The van der Waals surface area contributed by atoms with E-state index < -0.39 is 0 Å². The maximum atomic E-state index is 11.8. The van der Waals surface area contributed by atoms with Gasteiger partial charge in [-0.05, 0) is 32.3 Å². The van der Waals surface area contributed by atoms with Crippen LogP contribution < -0.4 is 5.73 Å². The van der Waals surface area contributed by atoms with Crippen LogP contribution in [-0.4, -0.2) is 15.5 Å². The molecule has 0 saturated heterocycles. The Morgan fingerprint density at radius 1 is 1.23 bits per heavy atom. The molecule has 26 heavy (non-hydrogen) atoms. The smallest absolute Gasteiger partial charge is 0.250 e. The molecule has 2 aromatic heterocycles. The van der Waals surface area contributed by atoms with Crippen molar-refractivity contribution in [1.29, 1.82) is 0 Å². The fourth-order valence-electron chi connectivity index (χ4n) is 3.00. The largest absolute Gasteiger partial charge is 0.366 e. The van der Waals surface area contributed by atoms with E-state index >= 15 is 0 Å². The van der Waals surface area contributed by atoms with Crippen LogP contribution in [0.5, 0.6) is 0 Å². The summed E-state index contributed by atoms with van der Waals surface area (Å²) in [6.45, 7) is 9.28. The molecule has 3 aromatic rings. The van der Waals surface area contributed by atoms with Crippen LogP contribution in [0.1, 0.15) is 41.9 Å². The molecular weight excluding hydrogens is 342 g/mol. The Morgan fingerprint density at radius 3 is 2.54 bits per heavy atom. The fourth-order valence-corrected chi connectivity index (χ4v) is 3.82. The second-order valence-corrected chi connectivity index (χ2v) is 7.99. The van der Waals surface area contributed by atoms with Crippen molar-refractivity contribution in [2.75, 3.05) is 0 Å². The lowest BCUT2D eigenvalue weighted by Crippen LogP contribution is -2.13. The molecule has 0 fully saturated rings. The van der Waals surface area contributed by atoms with Gasteiger partial charge in [0.15, 0.2) is 0 Å². The molecule has 0 atom stereocenters. The molecular formula is C21H25N3OS. The molecule has 0 unspecified atom stereocenters. The Kier molecular flexibility index (Phi) is 5.28. The SMILES string of the molecule is Cc1ccc(-c2nc(-c3cc(C(N)=O)c(C)n3CCC(C)C)cs2)cc1. The van der Waals surface area contributed by atoms with Crippen molar-refractivity contribution < 1.29 is 4.79 Å². The third-order valence-corrected chi connectivity index (χ3v) is 5.52. The number of carbonyl (C=O) groups is 1. The van der Waals surface area contributed by atoms with Gasteiger partial charge in [-0.3, -0.25) is 4.79 Å². The monoisotopic (exact) mass is 367 g/mol. The highest BCUT2D eigenvalue weighted by molar-refractivity contribution is 7.13. The number of nitrogens with zero attached hydrogens (tertiary/aromatic N) is 2. The normalized spacial score (nSPS) is 11.3. The Bertz CT molecular complexity index is 919. The van der Waals surface area contributed by atoms with Crippen molar-refractivity contribution in [3.8, 4) is 22.0 Å². The number of carbonyl (C=O) groups excluding carboxylic acids is 1. The predicted octanol–water partition coefficient (Wildman–Crippen LogP) is 5.04. The lowest BCUT2D eigenvalue weighted by Gasteiger charge is -2.12. The Balaban J connectivity index is 2.01. The molecule has 2 N–H and O–H groups in total. The van der Waals surface area contributed by atoms with E-state index in [1.54, 1.807) is 11.3 Å². The maximum Gasteiger partial charge on any atom is 0.250 e. The first-order valence-corrected chi connectivity index (χ1v) is 9.77. The van der Waals surface area contributed by atoms with Gasteiger partial charge in [0.1, 0.15) is 5.01 Å². The van der Waals surface area contributed by atoms with Gasteiger partial charge in [-0.2, -0.15) is 0 Å². The second-order valence-electron chi connectivity index (χ2n) is 7.13. The highest BCUT2D eigenvalue weighted by atomic mass is 32.1. The molecule has 5 heteroatoms. The average molecular weight is 368 g/mol. The molecule has 0 radical (unpaired) electrons. The standard InChI is InChI=1S/C21H25N3OS/c1-13(2)9-10-24-15(4)17(20(22)25)11-19(24)18-12-26-21(23-18)16-7-5-14(3)6-8-16/h5-8,11-13H,9-10H2,1-4H3,(H2,22,25). The van der Waals surface area contributed by atoms with Gasteiger partial charge in [0, 0.05) is 23.2 Å². The number of rotatable bonds is 6. The number of benzene rings is 1. The summed E-state index contributed by atoms with van der Waals surface area (Å²) in [6.07, 6.45) is 1.04. The van der Waals surface area contributed by atoms with E-state index in [-0.39, 0.29) is 5.91 Å². The van der Waals surface area contributed by atoms with Crippen molar-refractivity contribution in [1.82, 2.24) is 9.55 Å². The van der Waals surface area contributed by atoms with E-state index in [9.17, 15) is 4.79 Å². The number of hydrogen-bond donors (Lipinski definition) is 1. The first-order valence-electron chi connectivity index (χ1n) is 8.89. The van der Waals surface area contributed by atoms with E-state index in [1.165, 1.54) is 5.56 Å². The molecule has 0 saturated carbocycles. The van der Waals surface area contributed by atoms with E-state index in [1.807, 2.05) is 13.0 Å². The molecule has 1 aromatic carbocycles. The summed E-state index contributed by atoms with van der Waals surface area (Å²) in [6, 6.07) is 10.3. The molecule has 2 heterocycles. The number of primary amides is 1. The van der Waals surface area contributed by atoms with Crippen molar-refractivity contribution in [2.24, 2.45) is 11.7 Å². The van der Waals surface area contributed by atoms with Gasteiger partial charge in [-0.15, -0.1) is 11.3 Å². The summed E-state index contributed by atoms with van der Waals surface area (Å²) in [5.41, 5.74) is 11.3.